The van der Waals surface area contributed by atoms with Crippen molar-refractivity contribution in [3.8, 4) is 0 Å². The number of anilines is 1. The number of carbonyl (C=O) groups excluding carboxylic acids is 1. The summed E-state index contributed by atoms with van der Waals surface area (Å²) in [5.74, 6) is 0.0244. The Labute approximate surface area is 127 Å². The molecule has 5 nitrogen and oxygen atoms in total. The Kier molecular flexibility index (Phi) is 5.78. The van der Waals surface area contributed by atoms with E-state index in [1.807, 2.05) is 33.8 Å². The van der Waals surface area contributed by atoms with Gasteiger partial charge in [0.25, 0.3) is 0 Å². The standard InChI is InChI=1S/C15H24N2O3S/c1-11(2)9-16-15(18)10-17(21(5,19)20)14-8-6-7-12(3)13(14)4/h6-8,11H,9-10H2,1-5H3,(H,16,18). The molecule has 1 rings (SSSR count). The van der Waals surface area contributed by atoms with Gasteiger partial charge in [0.2, 0.25) is 15.9 Å². The summed E-state index contributed by atoms with van der Waals surface area (Å²) < 4.78 is 25.2. The first kappa shape index (κ1) is 17.5. The molecule has 21 heavy (non-hydrogen) atoms. The van der Waals surface area contributed by atoms with Gasteiger partial charge in [0.15, 0.2) is 0 Å². The number of nitrogens with zero attached hydrogens (tertiary/aromatic N) is 1. The van der Waals surface area contributed by atoms with Gasteiger partial charge >= 0.3 is 0 Å². The lowest BCUT2D eigenvalue weighted by atomic mass is 10.1. The van der Waals surface area contributed by atoms with Gasteiger partial charge in [-0.3, -0.25) is 9.10 Å². The second kappa shape index (κ2) is 6.93. The fraction of sp³-hybridized carbons (Fsp3) is 0.533. The Morgan fingerprint density at radius 2 is 1.90 bits per heavy atom. The molecule has 0 saturated heterocycles. The second-order valence-corrected chi connectivity index (χ2v) is 7.59. The molecule has 0 aromatic heterocycles. The number of benzene rings is 1. The van der Waals surface area contributed by atoms with Crippen LogP contribution in [0.2, 0.25) is 0 Å². The molecule has 0 aliphatic carbocycles. The number of nitrogens with one attached hydrogen (secondary N) is 1. The molecule has 0 atom stereocenters. The lowest BCUT2D eigenvalue weighted by molar-refractivity contribution is -0.119. The largest absolute Gasteiger partial charge is 0.354 e. The van der Waals surface area contributed by atoms with Gasteiger partial charge < -0.3 is 5.32 Å². The molecule has 0 saturated carbocycles. The van der Waals surface area contributed by atoms with E-state index < -0.39 is 10.0 Å². The number of carbonyl (C=O) groups is 1. The van der Waals surface area contributed by atoms with Gasteiger partial charge in [0, 0.05) is 6.54 Å². The minimum atomic E-state index is -3.52. The highest BCUT2D eigenvalue weighted by molar-refractivity contribution is 7.92. The van der Waals surface area contributed by atoms with Crippen molar-refractivity contribution in [2.45, 2.75) is 27.7 Å². The van der Waals surface area contributed by atoms with Crippen molar-refractivity contribution in [1.82, 2.24) is 5.32 Å². The smallest absolute Gasteiger partial charge is 0.240 e. The van der Waals surface area contributed by atoms with Crippen molar-refractivity contribution in [2.75, 3.05) is 23.7 Å². The van der Waals surface area contributed by atoms with Crippen LogP contribution in [0, 0.1) is 19.8 Å². The third-order valence-corrected chi connectivity index (χ3v) is 4.37. The number of rotatable bonds is 6. The van der Waals surface area contributed by atoms with Crippen LogP contribution >= 0.6 is 0 Å². The van der Waals surface area contributed by atoms with E-state index in [-0.39, 0.29) is 12.5 Å². The molecule has 1 amide bonds. The monoisotopic (exact) mass is 312 g/mol. The Morgan fingerprint density at radius 1 is 1.29 bits per heavy atom. The Bertz CT molecular complexity index is 609. The lowest BCUT2D eigenvalue weighted by Crippen LogP contribution is -2.41. The highest BCUT2D eigenvalue weighted by Gasteiger charge is 2.22. The first-order valence-corrected chi connectivity index (χ1v) is 8.78. The summed E-state index contributed by atoms with van der Waals surface area (Å²) in [5, 5.41) is 2.74. The lowest BCUT2D eigenvalue weighted by Gasteiger charge is -2.24. The molecule has 6 heteroatoms. The predicted octanol–water partition coefficient (Wildman–Crippen LogP) is 1.84. The quantitative estimate of drug-likeness (QED) is 0.871. The maximum Gasteiger partial charge on any atom is 0.240 e. The van der Waals surface area contributed by atoms with E-state index in [0.29, 0.717) is 18.2 Å². The van der Waals surface area contributed by atoms with Crippen molar-refractivity contribution >= 4 is 21.6 Å². The highest BCUT2D eigenvalue weighted by atomic mass is 32.2. The van der Waals surface area contributed by atoms with E-state index in [1.165, 1.54) is 0 Å². The zero-order valence-electron chi connectivity index (χ0n) is 13.3. The molecular formula is C15H24N2O3S. The fourth-order valence-corrected chi connectivity index (χ4v) is 2.80. The summed E-state index contributed by atoms with van der Waals surface area (Å²) in [6.45, 7) is 8.07. The maximum absolute atomic E-state index is 12.0. The summed E-state index contributed by atoms with van der Waals surface area (Å²) in [6.07, 6.45) is 1.12. The van der Waals surface area contributed by atoms with Crippen LogP contribution in [-0.4, -0.2) is 33.7 Å². The molecule has 1 N–H and O–H groups in total. The van der Waals surface area contributed by atoms with E-state index >= 15 is 0 Å². The topological polar surface area (TPSA) is 66.5 Å². The molecule has 118 valence electrons. The van der Waals surface area contributed by atoms with Gasteiger partial charge in [-0.15, -0.1) is 0 Å². The van der Waals surface area contributed by atoms with Crippen molar-refractivity contribution in [2.24, 2.45) is 5.92 Å². The van der Waals surface area contributed by atoms with Crippen molar-refractivity contribution in [1.29, 1.82) is 0 Å². The molecule has 0 heterocycles. The molecule has 1 aromatic rings. The third-order valence-electron chi connectivity index (χ3n) is 3.24. The zero-order chi connectivity index (χ0) is 16.2. The number of amides is 1. The van der Waals surface area contributed by atoms with Crippen molar-refractivity contribution in [3.63, 3.8) is 0 Å². The van der Waals surface area contributed by atoms with Gasteiger partial charge in [0.1, 0.15) is 6.54 Å². The van der Waals surface area contributed by atoms with E-state index in [1.54, 1.807) is 12.1 Å². The van der Waals surface area contributed by atoms with Crippen LogP contribution in [-0.2, 0) is 14.8 Å². The highest BCUT2D eigenvalue weighted by Crippen LogP contribution is 2.24. The average molecular weight is 312 g/mol. The van der Waals surface area contributed by atoms with E-state index in [9.17, 15) is 13.2 Å². The van der Waals surface area contributed by atoms with Crippen LogP contribution in [0.3, 0.4) is 0 Å². The number of hydrogen-bond donors (Lipinski definition) is 1. The van der Waals surface area contributed by atoms with Gasteiger partial charge in [0.05, 0.1) is 11.9 Å². The van der Waals surface area contributed by atoms with Crippen LogP contribution in [0.25, 0.3) is 0 Å². The van der Waals surface area contributed by atoms with Crippen LogP contribution in [0.5, 0.6) is 0 Å². The summed E-state index contributed by atoms with van der Waals surface area (Å²) in [5.41, 5.74) is 2.40. The zero-order valence-corrected chi connectivity index (χ0v) is 14.1. The van der Waals surface area contributed by atoms with Crippen LogP contribution in [0.15, 0.2) is 18.2 Å². The first-order chi connectivity index (χ1) is 9.62. The molecule has 0 bridgehead atoms. The van der Waals surface area contributed by atoms with Crippen molar-refractivity contribution < 1.29 is 13.2 Å². The van der Waals surface area contributed by atoms with E-state index in [0.717, 1.165) is 21.7 Å². The van der Waals surface area contributed by atoms with E-state index in [4.69, 9.17) is 0 Å². The molecular weight excluding hydrogens is 288 g/mol. The van der Waals surface area contributed by atoms with Crippen LogP contribution < -0.4 is 9.62 Å². The molecule has 0 aliphatic heterocycles. The number of aryl methyl sites for hydroxylation is 1. The van der Waals surface area contributed by atoms with Crippen LogP contribution in [0.1, 0.15) is 25.0 Å². The summed E-state index contributed by atoms with van der Waals surface area (Å²) in [7, 11) is -3.52. The normalized spacial score (nSPS) is 11.5. The number of sulfonamides is 1. The van der Waals surface area contributed by atoms with E-state index in [2.05, 4.69) is 5.32 Å². The van der Waals surface area contributed by atoms with Gasteiger partial charge in [-0.05, 0) is 37.0 Å². The summed E-state index contributed by atoms with van der Waals surface area (Å²) in [6, 6.07) is 5.43. The summed E-state index contributed by atoms with van der Waals surface area (Å²) >= 11 is 0. The SMILES string of the molecule is Cc1cccc(N(CC(=O)NCC(C)C)S(C)(=O)=O)c1C. The average Bonchev–Trinajstić information content (AvgIpc) is 2.36. The predicted molar refractivity (Wildman–Crippen MR) is 86.0 cm³/mol. The van der Waals surface area contributed by atoms with Gasteiger partial charge in [-0.1, -0.05) is 26.0 Å². The third kappa shape index (κ3) is 5.04. The summed E-state index contributed by atoms with van der Waals surface area (Å²) in [4.78, 5) is 12.0. The fourth-order valence-electron chi connectivity index (χ4n) is 1.89. The second-order valence-electron chi connectivity index (χ2n) is 5.69. The molecule has 0 radical (unpaired) electrons. The van der Waals surface area contributed by atoms with Crippen molar-refractivity contribution in [3.05, 3.63) is 29.3 Å². The van der Waals surface area contributed by atoms with Crippen LogP contribution in [0.4, 0.5) is 5.69 Å². The van der Waals surface area contributed by atoms with Gasteiger partial charge in [-0.25, -0.2) is 8.42 Å². The molecule has 0 unspecified atom stereocenters. The minimum Gasteiger partial charge on any atom is -0.354 e. The molecule has 0 fully saturated rings. The Morgan fingerprint density at radius 3 is 2.43 bits per heavy atom. The van der Waals surface area contributed by atoms with Gasteiger partial charge in [-0.2, -0.15) is 0 Å². The maximum atomic E-state index is 12.0. The Hall–Kier alpha value is -1.56. The number of hydrogen-bond acceptors (Lipinski definition) is 3. The Balaban J connectivity index is 3.03. The minimum absolute atomic E-state index is 0.199. The molecule has 0 spiro atoms. The molecule has 0 aliphatic rings. The first-order valence-electron chi connectivity index (χ1n) is 6.93. The molecule has 1 aromatic carbocycles.